The van der Waals surface area contributed by atoms with Crippen molar-refractivity contribution in [2.45, 2.75) is 25.2 Å². The molecule has 1 aromatic carbocycles. The first-order valence-corrected chi connectivity index (χ1v) is 9.21. The van der Waals surface area contributed by atoms with Crippen molar-refractivity contribution < 1.29 is 13.9 Å². The molecular weight excluding hydrogens is 335 g/mol. The monoisotopic (exact) mass is 362 g/mol. The van der Waals surface area contributed by atoms with E-state index >= 15 is 0 Å². The van der Waals surface area contributed by atoms with Gasteiger partial charge in [-0.25, -0.2) is 9.18 Å². The first-order chi connectivity index (χ1) is 12.6. The summed E-state index contributed by atoms with van der Waals surface area (Å²) < 4.78 is 18.2. The second kappa shape index (κ2) is 7.93. The highest BCUT2D eigenvalue weighted by molar-refractivity contribution is 5.80. The molecule has 1 heterocycles. The van der Waals surface area contributed by atoms with Gasteiger partial charge in [0.15, 0.2) is 5.96 Å². The van der Waals surface area contributed by atoms with Gasteiger partial charge in [-0.1, -0.05) is 12.1 Å². The molecule has 2 fully saturated rings. The van der Waals surface area contributed by atoms with Crippen molar-refractivity contribution in [3.05, 3.63) is 35.6 Å². The van der Waals surface area contributed by atoms with E-state index in [1.54, 1.807) is 11.9 Å². The lowest BCUT2D eigenvalue weighted by Crippen LogP contribution is -2.54. The van der Waals surface area contributed by atoms with Crippen LogP contribution in [0, 0.1) is 5.82 Å². The first kappa shape index (κ1) is 18.5. The summed E-state index contributed by atoms with van der Waals surface area (Å²) in [5, 5.41) is 3.47. The van der Waals surface area contributed by atoms with Gasteiger partial charge in [-0.2, -0.15) is 0 Å². The Morgan fingerprint density at radius 1 is 1.19 bits per heavy atom. The van der Waals surface area contributed by atoms with Gasteiger partial charge in [-0.15, -0.1) is 0 Å². The van der Waals surface area contributed by atoms with Crippen LogP contribution in [-0.2, 0) is 10.2 Å². The van der Waals surface area contributed by atoms with Crippen molar-refractivity contribution in [3.63, 3.8) is 0 Å². The van der Waals surface area contributed by atoms with E-state index in [1.807, 2.05) is 19.1 Å². The van der Waals surface area contributed by atoms with E-state index < -0.39 is 0 Å². The van der Waals surface area contributed by atoms with E-state index in [0.717, 1.165) is 38.4 Å². The summed E-state index contributed by atoms with van der Waals surface area (Å²) in [4.78, 5) is 20.1. The zero-order chi connectivity index (χ0) is 18.6. The van der Waals surface area contributed by atoms with Crippen LogP contribution in [0.15, 0.2) is 29.3 Å². The van der Waals surface area contributed by atoms with Crippen molar-refractivity contribution in [1.82, 2.24) is 15.1 Å². The number of piperazine rings is 1. The third kappa shape index (κ3) is 4.08. The van der Waals surface area contributed by atoms with Crippen molar-refractivity contribution in [2.75, 3.05) is 46.4 Å². The molecule has 1 N–H and O–H groups in total. The molecule has 0 spiro atoms. The zero-order valence-corrected chi connectivity index (χ0v) is 15.5. The molecule has 7 heteroatoms. The van der Waals surface area contributed by atoms with Gasteiger partial charge in [0.05, 0.1) is 6.61 Å². The Kier molecular flexibility index (Phi) is 5.64. The molecule has 1 aliphatic carbocycles. The summed E-state index contributed by atoms with van der Waals surface area (Å²) in [5.41, 5.74) is 1.25. The number of benzene rings is 1. The number of hydrogen-bond acceptors (Lipinski definition) is 3. The maximum Gasteiger partial charge on any atom is 0.409 e. The van der Waals surface area contributed by atoms with Crippen molar-refractivity contribution in [1.29, 1.82) is 0 Å². The second-order valence-corrected chi connectivity index (χ2v) is 6.86. The molecule has 1 amide bonds. The number of ether oxygens (including phenoxy) is 1. The molecule has 1 saturated carbocycles. The zero-order valence-electron chi connectivity index (χ0n) is 15.5. The van der Waals surface area contributed by atoms with Gasteiger partial charge in [0, 0.05) is 45.2 Å². The molecule has 0 aromatic heterocycles. The number of aliphatic imine (C=N–C) groups is 1. The number of nitrogens with zero attached hydrogens (tertiary/aromatic N) is 3. The summed E-state index contributed by atoms with van der Waals surface area (Å²) in [6.07, 6.45) is 1.95. The molecule has 1 aliphatic heterocycles. The SMILES string of the molecule is CCOC(=O)N1CCN(C(=NC)NCC2(c3ccc(F)cc3)CC2)CC1. The van der Waals surface area contributed by atoms with E-state index in [9.17, 15) is 9.18 Å². The van der Waals surface area contributed by atoms with Crippen LogP contribution < -0.4 is 5.32 Å². The summed E-state index contributed by atoms with van der Waals surface area (Å²) in [6.45, 7) is 5.70. The molecule has 3 rings (SSSR count). The van der Waals surface area contributed by atoms with Gasteiger partial charge in [-0.3, -0.25) is 4.99 Å². The van der Waals surface area contributed by atoms with Crippen LogP contribution >= 0.6 is 0 Å². The molecule has 0 unspecified atom stereocenters. The smallest absolute Gasteiger partial charge is 0.409 e. The van der Waals surface area contributed by atoms with Gasteiger partial charge < -0.3 is 19.9 Å². The second-order valence-electron chi connectivity index (χ2n) is 6.86. The predicted octanol–water partition coefficient (Wildman–Crippen LogP) is 2.21. The molecule has 26 heavy (non-hydrogen) atoms. The normalized spacial score (nSPS) is 19.3. The van der Waals surface area contributed by atoms with Crippen LogP contribution in [0.4, 0.5) is 9.18 Å². The predicted molar refractivity (Wildman–Crippen MR) is 98.8 cm³/mol. The van der Waals surface area contributed by atoms with Gasteiger partial charge in [-0.05, 0) is 37.5 Å². The molecule has 1 aromatic rings. The molecule has 6 nitrogen and oxygen atoms in total. The summed E-state index contributed by atoms with van der Waals surface area (Å²) in [7, 11) is 1.78. The molecule has 0 radical (unpaired) electrons. The maximum absolute atomic E-state index is 13.2. The van der Waals surface area contributed by atoms with Crippen molar-refractivity contribution in [2.24, 2.45) is 4.99 Å². The minimum absolute atomic E-state index is 0.0798. The summed E-state index contributed by atoms with van der Waals surface area (Å²) in [6, 6.07) is 6.81. The highest BCUT2D eigenvalue weighted by Gasteiger charge is 2.44. The Bertz CT molecular complexity index is 650. The van der Waals surface area contributed by atoms with Crippen molar-refractivity contribution in [3.8, 4) is 0 Å². The Morgan fingerprint density at radius 3 is 2.35 bits per heavy atom. The fraction of sp³-hybridized carbons (Fsp3) is 0.579. The van der Waals surface area contributed by atoms with Crippen LogP contribution in [0.2, 0.25) is 0 Å². The van der Waals surface area contributed by atoms with E-state index in [0.29, 0.717) is 19.7 Å². The third-order valence-corrected chi connectivity index (χ3v) is 5.21. The van der Waals surface area contributed by atoms with E-state index in [1.165, 1.54) is 17.7 Å². The molecule has 142 valence electrons. The highest BCUT2D eigenvalue weighted by atomic mass is 19.1. The number of halogens is 1. The molecule has 0 bridgehead atoms. The lowest BCUT2D eigenvalue weighted by Gasteiger charge is -2.36. The Hall–Kier alpha value is -2.31. The lowest BCUT2D eigenvalue weighted by molar-refractivity contribution is 0.0914. The Labute approximate surface area is 154 Å². The average molecular weight is 362 g/mol. The summed E-state index contributed by atoms with van der Waals surface area (Å²) in [5.74, 6) is 0.648. The number of amides is 1. The minimum atomic E-state index is -0.247. The van der Waals surface area contributed by atoms with Crippen LogP contribution in [-0.4, -0.2) is 68.2 Å². The number of carbonyl (C=O) groups is 1. The van der Waals surface area contributed by atoms with E-state index in [2.05, 4.69) is 15.2 Å². The van der Waals surface area contributed by atoms with Crippen LogP contribution in [0.3, 0.4) is 0 Å². The number of rotatable bonds is 4. The quantitative estimate of drug-likeness (QED) is 0.659. The standard InChI is InChI=1S/C19H27FN4O2/c1-3-26-18(25)24-12-10-23(11-13-24)17(21-2)22-14-19(8-9-19)15-4-6-16(20)7-5-15/h4-7H,3,8-14H2,1-2H3,(H,21,22). The van der Waals surface area contributed by atoms with E-state index in [-0.39, 0.29) is 17.3 Å². The molecular formula is C19H27FN4O2. The molecule has 2 aliphatic rings. The van der Waals surface area contributed by atoms with Crippen LogP contribution in [0.5, 0.6) is 0 Å². The number of carbonyl (C=O) groups excluding carboxylic acids is 1. The third-order valence-electron chi connectivity index (χ3n) is 5.21. The number of guanidine groups is 1. The molecule has 0 atom stereocenters. The topological polar surface area (TPSA) is 57.2 Å². The van der Waals surface area contributed by atoms with Gasteiger partial charge in [0.1, 0.15) is 5.82 Å². The number of hydrogen-bond donors (Lipinski definition) is 1. The maximum atomic E-state index is 13.2. The first-order valence-electron chi connectivity index (χ1n) is 9.21. The fourth-order valence-corrected chi connectivity index (χ4v) is 3.42. The van der Waals surface area contributed by atoms with Gasteiger partial charge in [0.2, 0.25) is 0 Å². The largest absolute Gasteiger partial charge is 0.450 e. The van der Waals surface area contributed by atoms with E-state index in [4.69, 9.17) is 4.74 Å². The number of nitrogens with one attached hydrogen (secondary N) is 1. The summed E-state index contributed by atoms with van der Waals surface area (Å²) >= 11 is 0. The van der Waals surface area contributed by atoms with Gasteiger partial charge >= 0.3 is 6.09 Å². The highest BCUT2D eigenvalue weighted by Crippen LogP contribution is 2.47. The van der Waals surface area contributed by atoms with Crippen LogP contribution in [0.1, 0.15) is 25.3 Å². The fourth-order valence-electron chi connectivity index (χ4n) is 3.42. The van der Waals surface area contributed by atoms with Gasteiger partial charge in [0.25, 0.3) is 0 Å². The average Bonchev–Trinajstić information content (AvgIpc) is 3.44. The minimum Gasteiger partial charge on any atom is -0.450 e. The Morgan fingerprint density at radius 2 is 1.81 bits per heavy atom. The lowest BCUT2D eigenvalue weighted by atomic mass is 9.96. The van der Waals surface area contributed by atoms with Crippen molar-refractivity contribution >= 4 is 12.1 Å². The Balaban J connectivity index is 1.53. The van der Waals surface area contributed by atoms with Crippen LogP contribution in [0.25, 0.3) is 0 Å². The molecule has 1 saturated heterocycles.